The minimum atomic E-state index is -1.89. The Bertz CT molecular complexity index is 777. The predicted molar refractivity (Wildman–Crippen MR) is 138 cm³/mol. The van der Waals surface area contributed by atoms with Gasteiger partial charge in [0, 0.05) is 13.2 Å². The van der Waals surface area contributed by atoms with Gasteiger partial charge in [-0.3, -0.25) is 4.90 Å². The molecule has 0 heterocycles. The molecule has 9 heteroatoms. The van der Waals surface area contributed by atoms with Crippen molar-refractivity contribution in [2.75, 3.05) is 19.8 Å². The summed E-state index contributed by atoms with van der Waals surface area (Å²) in [5.74, 6) is 0. The highest BCUT2D eigenvalue weighted by molar-refractivity contribution is 6.74. The number of rotatable bonds is 10. The predicted octanol–water partition coefficient (Wildman–Crippen LogP) is 6.43. The van der Waals surface area contributed by atoms with Crippen LogP contribution in [0.1, 0.15) is 66.0 Å². The number of hydrogen-bond acceptors (Lipinski definition) is 5. The fraction of sp³-hybridized carbons (Fsp3) is 0.708. The highest BCUT2D eigenvalue weighted by Crippen LogP contribution is 2.37. The second-order valence-electron chi connectivity index (χ2n) is 10.8. The Morgan fingerprint density at radius 1 is 1.12 bits per heavy atom. The molecule has 0 aliphatic heterocycles. The maximum atomic E-state index is 13.0. The van der Waals surface area contributed by atoms with E-state index in [0.29, 0.717) is 35.1 Å². The molecule has 2 atom stereocenters. The van der Waals surface area contributed by atoms with E-state index >= 15 is 0 Å². The van der Waals surface area contributed by atoms with E-state index in [1.165, 1.54) is 4.90 Å². The van der Waals surface area contributed by atoms with Crippen molar-refractivity contribution >= 4 is 37.6 Å². The zero-order chi connectivity index (χ0) is 25.6. The summed E-state index contributed by atoms with van der Waals surface area (Å²) in [5, 5.41) is 21.6. The number of nitrogens with zero attached hydrogens (tertiary/aromatic N) is 1. The van der Waals surface area contributed by atoms with Crippen molar-refractivity contribution in [3.63, 3.8) is 0 Å². The van der Waals surface area contributed by atoms with E-state index in [9.17, 15) is 15.0 Å². The lowest BCUT2D eigenvalue weighted by atomic mass is 9.96. The summed E-state index contributed by atoms with van der Waals surface area (Å²) >= 11 is 12.3. The van der Waals surface area contributed by atoms with Gasteiger partial charge in [0.25, 0.3) is 0 Å². The fourth-order valence-corrected chi connectivity index (χ4v) is 4.47. The lowest BCUT2D eigenvalue weighted by molar-refractivity contribution is -0.0135. The first-order chi connectivity index (χ1) is 15.0. The van der Waals surface area contributed by atoms with Gasteiger partial charge < -0.3 is 19.4 Å². The molecule has 0 saturated carbocycles. The van der Waals surface area contributed by atoms with Crippen molar-refractivity contribution in [3.05, 3.63) is 33.8 Å². The number of hydrogen-bond donors (Lipinski definition) is 2. The first-order valence-electron chi connectivity index (χ1n) is 11.4. The number of aliphatic hydroxyl groups excluding tert-OH is 2. The van der Waals surface area contributed by atoms with Gasteiger partial charge in [-0.1, -0.05) is 50.0 Å². The van der Waals surface area contributed by atoms with Crippen LogP contribution in [0.5, 0.6) is 0 Å². The van der Waals surface area contributed by atoms with Gasteiger partial charge in [-0.25, -0.2) is 4.79 Å². The minimum Gasteiger partial charge on any atom is -0.444 e. The van der Waals surface area contributed by atoms with Crippen LogP contribution in [0.3, 0.4) is 0 Å². The number of halogens is 2. The normalized spacial score (nSPS) is 14.7. The van der Waals surface area contributed by atoms with Crippen LogP contribution in [0.2, 0.25) is 28.2 Å². The van der Waals surface area contributed by atoms with Crippen molar-refractivity contribution in [2.24, 2.45) is 0 Å². The molecule has 0 aromatic heterocycles. The quantitative estimate of drug-likeness (QED) is 0.274. The molecule has 0 fully saturated rings. The van der Waals surface area contributed by atoms with Crippen LogP contribution in [-0.2, 0) is 9.16 Å². The van der Waals surface area contributed by atoms with Crippen LogP contribution in [0, 0.1) is 0 Å². The largest absolute Gasteiger partial charge is 0.444 e. The average Bonchev–Trinajstić information content (AvgIpc) is 2.65. The molecular weight excluding hydrogens is 481 g/mol. The van der Waals surface area contributed by atoms with Crippen LogP contribution in [0.4, 0.5) is 4.79 Å². The summed E-state index contributed by atoms with van der Waals surface area (Å²) in [4.78, 5) is 14.3. The molecule has 1 rings (SSSR count). The van der Waals surface area contributed by atoms with Crippen LogP contribution in [0.15, 0.2) is 18.2 Å². The molecule has 1 amide bonds. The Labute approximate surface area is 210 Å². The molecular formula is C24H41Cl2NO5Si. The topological polar surface area (TPSA) is 79.2 Å². The van der Waals surface area contributed by atoms with Gasteiger partial charge in [-0.05, 0) is 69.4 Å². The van der Waals surface area contributed by atoms with E-state index in [4.69, 9.17) is 32.4 Å². The van der Waals surface area contributed by atoms with E-state index in [1.807, 2.05) is 0 Å². The summed E-state index contributed by atoms with van der Waals surface area (Å²) in [7, 11) is -1.89. The summed E-state index contributed by atoms with van der Waals surface area (Å²) in [6.45, 7) is 16.5. The first-order valence-corrected chi connectivity index (χ1v) is 15.0. The first kappa shape index (κ1) is 30.2. The van der Waals surface area contributed by atoms with Gasteiger partial charge in [-0.15, -0.1) is 0 Å². The summed E-state index contributed by atoms with van der Waals surface area (Å²) in [6.07, 6.45) is -0.537. The standard InChI is InChI=1S/C24H41Cl2NO5Si/c1-23(2,3)32-22(30)27(13-14-28)21(17-11-12-18(25)19(26)16-17)20(29)10-9-15-31-33(7,8)24(4,5)6/h11-12,16,20-21,28-29H,9-10,13-15H2,1-8H3/t20-,21?/m1/s1. The molecule has 190 valence electrons. The average molecular weight is 523 g/mol. The second kappa shape index (κ2) is 12.2. The maximum Gasteiger partial charge on any atom is 0.410 e. The molecule has 1 aromatic rings. The molecule has 33 heavy (non-hydrogen) atoms. The molecule has 1 aromatic carbocycles. The number of ether oxygens (including phenoxy) is 1. The highest BCUT2D eigenvalue weighted by atomic mass is 35.5. The van der Waals surface area contributed by atoms with Gasteiger partial charge in [0.05, 0.1) is 28.8 Å². The molecule has 0 bridgehead atoms. The van der Waals surface area contributed by atoms with Crippen LogP contribution < -0.4 is 0 Å². The smallest absolute Gasteiger partial charge is 0.410 e. The van der Waals surface area contributed by atoms with Gasteiger partial charge in [0.15, 0.2) is 8.32 Å². The molecule has 2 N–H and O–H groups in total. The van der Waals surface area contributed by atoms with E-state index < -0.39 is 32.2 Å². The van der Waals surface area contributed by atoms with E-state index in [0.717, 1.165) is 0 Å². The third-order valence-corrected chi connectivity index (χ3v) is 11.1. The lowest BCUT2D eigenvalue weighted by Gasteiger charge is -2.37. The SMILES string of the molecule is CC(C)(C)OC(=O)N(CCO)C(c1ccc(Cl)c(Cl)c1)[C@H](O)CCCO[Si](C)(C)C(C)(C)C. The number of amides is 1. The molecule has 0 spiro atoms. The number of aliphatic hydroxyl groups is 2. The molecule has 1 unspecified atom stereocenters. The van der Waals surface area contributed by atoms with Crippen molar-refractivity contribution in [1.82, 2.24) is 4.90 Å². The number of carbonyl (C=O) groups excluding carboxylic acids is 1. The Balaban J connectivity index is 3.13. The van der Waals surface area contributed by atoms with Gasteiger partial charge >= 0.3 is 6.09 Å². The molecule has 0 aliphatic carbocycles. The van der Waals surface area contributed by atoms with Crippen molar-refractivity contribution < 1.29 is 24.2 Å². The number of benzene rings is 1. The fourth-order valence-electron chi connectivity index (χ4n) is 3.07. The molecule has 0 saturated heterocycles. The van der Waals surface area contributed by atoms with Crippen LogP contribution >= 0.6 is 23.2 Å². The van der Waals surface area contributed by atoms with E-state index in [-0.39, 0.29) is 18.2 Å². The van der Waals surface area contributed by atoms with Crippen molar-refractivity contribution in [3.8, 4) is 0 Å². The maximum absolute atomic E-state index is 13.0. The minimum absolute atomic E-state index is 0.00262. The Hall–Kier alpha value is -0.833. The van der Waals surface area contributed by atoms with Crippen LogP contribution in [0.25, 0.3) is 0 Å². The zero-order valence-corrected chi connectivity index (χ0v) is 23.8. The Morgan fingerprint density at radius 3 is 2.21 bits per heavy atom. The van der Waals surface area contributed by atoms with E-state index in [1.54, 1.807) is 39.0 Å². The molecule has 6 nitrogen and oxygen atoms in total. The summed E-state index contributed by atoms with van der Waals surface area (Å²) < 4.78 is 11.8. The highest BCUT2D eigenvalue weighted by Gasteiger charge is 2.37. The second-order valence-corrected chi connectivity index (χ2v) is 16.5. The molecule has 0 aliphatic rings. The van der Waals surface area contributed by atoms with Gasteiger partial charge in [-0.2, -0.15) is 0 Å². The Morgan fingerprint density at radius 2 is 1.73 bits per heavy atom. The third-order valence-electron chi connectivity index (χ3n) is 5.87. The van der Waals surface area contributed by atoms with Crippen LogP contribution in [-0.4, -0.2) is 61.0 Å². The van der Waals surface area contributed by atoms with E-state index in [2.05, 4.69) is 33.9 Å². The van der Waals surface area contributed by atoms with Gasteiger partial charge in [0.1, 0.15) is 5.60 Å². The van der Waals surface area contributed by atoms with Gasteiger partial charge in [0.2, 0.25) is 0 Å². The number of carbonyl (C=O) groups is 1. The summed E-state index contributed by atoms with van der Waals surface area (Å²) in [5.41, 5.74) is -0.115. The van der Waals surface area contributed by atoms with Crippen molar-refractivity contribution in [2.45, 2.75) is 90.3 Å². The summed E-state index contributed by atoms with van der Waals surface area (Å²) in [6, 6.07) is 4.22. The lowest BCUT2D eigenvalue weighted by Crippen LogP contribution is -2.45. The van der Waals surface area contributed by atoms with Crippen molar-refractivity contribution in [1.29, 1.82) is 0 Å². The third kappa shape index (κ3) is 9.38. The zero-order valence-electron chi connectivity index (χ0n) is 21.2. The monoisotopic (exact) mass is 521 g/mol. The Kier molecular flexibility index (Phi) is 11.2. The molecule has 0 radical (unpaired) electrons.